The van der Waals surface area contributed by atoms with Crippen molar-refractivity contribution in [3.05, 3.63) is 108 Å². The monoisotopic (exact) mass is 701 g/mol. The molecule has 0 saturated carbocycles. The third-order valence-electron chi connectivity index (χ3n) is 10.4. The number of rotatable bonds is 11. The van der Waals surface area contributed by atoms with E-state index in [4.69, 9.17) is 14.6 Å². The van der Waals surface area contributed by atoms with Crippen molar-refractivity contribution in [3.63, 3.8) is 0 Å². The van der Waals surface area contributed by atoms with Gasteiger partial charge in [-0.25, -0.2) is 23.2 Å². The largest absolute Gasteiger partial charge is 0.496 e. The number of piperazine rings is 1. The van der Waals surface area contributed by atoms with Crippen molar-refractivity contribution in [2.75, 3.05) is 40.0 Å². The molecule has 51 heavy (non-hydrogen) atoms. The molecule has 0 radical (unpaired) electrons. The Labute approximate surface area is 295 Å². The minimum absolute atomic E-state index is 0.0429. The molecule has 12 nitrogen and oxygen atoms in total. The van der Waals surface area contributed by atoms with Crippen LogP contribution >= 0.6 is 0 Å². The minimum atomic E-state index is -1.34. The number of methoxy groups -OCH3 is 1. The summed E-state index contributed by atoms with van der Waals surface area (Å²) in [5, 5.41) is 24.7. The fourth-order valence-corrected chi connectivity index (χ4v) is 8.01. The number of hydrogen-bond donors (Lipinski definition) is 2. The molecule has 268 valence electrons. The van der Waals surface area contributed by atoms with Gasteiger partial charge in [0.15, 0.2) is 0 Å². The number of nitrogens with one attached hydrogen (secondary N) is 1. The van der Waals surface area contributed by atoms with Crippen molar-refractivity contribution in [2.24, 2.45) is 5.10 Å². The number of ether oxygens (including phenoxy) is 2. The molecule has 7 rings (SSSR count). The molecule has 2 fully saturated rings. The Morgan fingerprint density at radius 3 is 2.67 bits per heavy atom. The highest BCUT2D eigenvalue weighted by molar-refractivity contribution is 6.13. The van der Waals surface area contributed by atoms with E-state index in [9.17, 15) is 9.50 Å². The zero-order valence-corrected chi connectivity index (χ0v) is 28.7. The smallest absolute Gasteiger partial charge is 0.453 e. The van der Waals surface area contributed by atoms with Gasteiger partial charge in [0, 0.05) is 62.0 Å². The Morgan fingerprint density at radius 2 is 1.94 bits per heavy atom. The van der Waals surface area contributed by atoms with Crippen molar-refractivity contribution < 1.29 is 28.2 Å². The first-order valence-electron chi connectivity index (χ1n) is 17.4. The molecule has 5 atom stereocenters. The second kappa shape index (κ2) is 14.5. The predicted molar refractivity (Wildman–Crippen MR) is 186 cm³/mol. The molecule has 14 heteroatoms. The van der Waals surface area contributed by atoms with Crippen LogP contribution in [0.15, 0.2) is 90.6 Å². The van der Waals surface area contributed by atoms with E-state index in [0.717, 1.165) is 11.6 Å². The fourth-order valence-electron chi connectivity index (χ4n) is 8.01. The van der Waals surface area contributed by atoms with Crippen molar-refractivity contribution in [3.8, 4) is 5.75 Å². The molecule has 2 saturated heterocycles. The lowest BCUT2D eigenvalue weighted by Gasteiger charge is -2.44. The zero-order valence-electron chi connectivity index (χ0n) is 28.7. The maximum Gasteiger partial charge on any atom is 0.453 e. The van der Waals surface area contributed by atoms with Gasteiger partial charge in [0.2, 0.25) is 0 Å². The number of aliphatic hydroxyl groups excluding tert-OH is 1. The number of carbonyl (C=O) groups is 1. The number of amides is 2. The van der Waals surface area contributed by atoms with Gasteiger partial charge in [0.05, 0.1) is 25.7 Å². The number of benzene rings is 3. The topological polar surface area (TPSA) is 117 Å². The average Bonchev–Trinajstić information content (AvgIpc) is 3.90. The van der Waals surface area contributed by atoms with E-state index in [0.29, 0.717) is 49.9 Å². The molecular formula is C37H43F2N8O4+. The predicted octanol–water partition coefficient (Wildman–Crippen LogP) is 4.77. The molecule has 4 heterocycles. The van der Waals surface area contributed by atoms with E-state index in [1.807, 2.05) is 61.5 Å². The van der Waals surface area contributed by atoms with E-state index < -0.39 is 23.3 Å². The van der Waals surface area contributed by atoms with Crippen LogP contribution in [0, 0.1) is 11.6 Å². The first kappa shape index (κ1) is 34.7. The summed E-state index contributed by atoms with van der Waals surface area (Å²) in [4.78, 5) is 21.8. The van der Waals surface area contributed by atoms with Gasteiger partial charge in [-0.05, 0) is 25.0 Å². The van der Waals surface area contributed by atoms with Gasteiger partial charge in [-0.15, -0.1) is 4.48 Å². The molecule has 3 aliphatic heterocycles. The number of aromatic nitrogens is 3. The van der Waals surface area contributed by atoms with Gasteiger partial charge < -0.3 is 19.9 Å². The lowest BCUT2D eigenvalue weighted by molar-refractivity contribution is -0.0204. The maximum atomic E-state index is 15.8. The van der Waals surface area contributed by atoms with Crippen LogP contribution in [-0.4, -0.2) is 93.8 Å². The summed E-state index contributed by atoms with van der Waals surface area (Å²) in [6.45, 7) is 3.70. The van der Waals surface area contributed by atoms with Gasteiger partial charge in [-0.3, -0.25) is 4.90 Å². The number of carbonyl (C=O) groups excluding carboxylic acids is 1. The van der Waals surface area contributed by atoms with E-state index >= 15 is 9.18 Å². The summed E-state index contributed by atoms with van der Waals surface area (Å²) in [6, 6.07) is 19.3. The van der Waals surface area contributed by atoms with E-state index in [-0.39, 0.29) is 54.3 Å². The normalized spacial score (nSPS) is 25.7. The van der Waals surface area contributed by atoms with E-state index in [2.05, 4.69) is 20.3 Å². The quantitative estimate of drug-likeness (QED) is 0.215. The van der Waals surface area contributed by atoms with Crippen LogP contribution in [0.4, 0.5) is 19.3 Å². The first-order valence-corrected chi connectivity index (χ1v) is 17.4. The Hall–Kier alpha value is -4.76. The Balaban J connectivity index is 1.43. The van der Waals surface area contributed by atoms with Crippen LogP contribution < -0.4 is 14.5 Å². The molecule has 0 aliphatic carbocycles. The van der Waals surface area contributed by atoms with Gasteiger partial charge in [0.25, 0.3) is 0 Å². The highest BCUT2D eigenvalue weighted by Crippen LogP contribution is 2.48. The second-order valence-electron chi connectivity index (χ2n) is 13.2. The molecule has 0 bridgehead atoms. The van der Waals surface area contributed by atoms with Crippen LogP contribution in [0.1, 0.15) is 43.4 Å². The number of hydrogen-bond acceptors (Lipinski definition) is 9. The molecule has 4 aromatic rings. The second-order valence-corrected chi connectivity index (χ2v) is 13.2. The van der Waals surface area contributed by atoms with Crippen LogP contribution in [-0.2, 0) is 16.9 Å². The molecule has 3 aromatic carbocycles. The Bertz CT molecular complexity index is 1860. The van der Waals surface area contributed by atoms with Gasteiger partial charge >= 0.3 is 12.0 Å². The summed E-state index contributed by atoms with van der Waals surface area (Å²) in [5.74, 6) is -0.238. The lowest BCUT2D eigenvalue weighted by Crippen LogP contribution is -2.69. The standard InChI is InChI=1S/C37H43F2N8O4/c1-3-27(15-18-48)46-36(49)47(28-9-5-4-6-10-28,35(43-46)45-17-16-40-21-33(45)30-11-7-8-12-34(30)50-2)29-20-37(51-22-29,23-44-25-41-24-42-44)31-14-13-26(38)19-32(31)39/h4-14,19,24-25,27,29,33,40,48H,3,15-18,20-23H2,1-2H3/q+1/t27?,29?,33-,37?,47?/m1/s1. The van der Waals surface area contributed by atoms with Crippen LogP contribution in [0.25, 0.3) is 0 Å². The summed E-state index contributed by atoms with van der Waals surface area (Å²) < 4.78 is 43.9. The zero-order chi connectivity index (χ0) is 35.6. The number of quaternary nitrogens is 1. The molecule has 2 N–H and O–H groups in total. The number of nitrogens with zero attached hydrogens (tertiary/aromatic N) is 7. The Kier molecular flexibility index (Phi) is 9.84. The first-order chi connectivity index (χ1) is 24.9. The summed E-state index contributed by atoms with van der Waals surface area (Å²) in [5.41, 5.74) is 0.432. The average molecular weight is 702 g/mol. The van der Waals surface area contributed by atoms with Crippen molar-refractivity contribution in [1.29, 1.82) is 0 Å². The van der Waals surface area contributed by atoms with E-state index in [1.165, 1.54) is 29.8 Å². The number of guanidine groups is 1. The Morgan fingerprint density at radius 1 is 1.14 bits per heavy atom. The number of para-hydroxylation sites is 2. The van der Waals surface area contributed by atoms with Crippen LogP contribution in [0.2, 0.25) is 0 Å². The third kappa shape index (κ3) is 6.05. The number of hydrazone groups is 1. The van der Waals surface area contributed by atoms with Crippen molar-refractivity contribution >= 4 is 17.7 Å². The highest BCUT2D eigenvalue weighted by Gasteiger charge is 2.66. The highest BCUT2D eigenvalue weighted by atomic mass is 19.1. The molecule has 2 amide bonds. The fraction of sp³-hybridized carbons (Fsp3) is 0.405. The summed E-state index contributed by atoms with van der Waals surface area (Å²) in [6.07, 6.45) is 3.97. The number of aliphatic hydroxyl groups is 1. The number of urea groups is 1. The molecule has 1 aromatic heterocycles. The van der Waals surface area contributed by atoms with Crippen LogP contribution in [0.3, 0.4) is 0 Å². The molecule has 4 unspecified atom stereocenters. The summed E-state index contributed by atoms with van der Waals surface area (Å²) in [7, 11) is 1.64. The number of halogens is 2. The van der Waals surface area contributed by atoms with E-state index in [1.54, 1.807) is 11.8 Å². The van der Waals surface area contributed by atoms with Crippen LogP contribution in [0.5, 0.6) is 5.75 Å². The van der Waals surface area contributed by atoms with Crippen molar-refractivity contribution in [1.82, 2.24) is 34.5 Å². The van der Waals surface area contributed by atoms with Gasteiger partial charge in [-0.1, -0.05) is 54.5 Å². The molecule has 3 aliphatic rings. The summed E-state index contributed by atoms with van der Waals surface area (Å²) >= 11 is 0. The molecular weight excluding hydrogens is 658 g/mol. The van der Waals surface area contributed by atoms with Gasteiger partial charge in [0.1, 0.15) is 54.0 Å². The maximum absolute atomic E-state index is 15.8. The van der Waals surface area contributed by atoms with Crippen molar-refractivity contribution in [2.45, 2.75) is 56.5 Å². The minimum Gasteiger partial charge on any atom is -0.496 e. The van der Waals surface area contributed by atoms with Gasteiger partial charge in [-0.2, -0.15) is 10.1 Å². The SMILES string of the molecule is CCC(CCO)N1N=C(N2CCNC[C@@H]2c2ccccc2OC)[N+](c2ccccc2)(C2COC(Cn3cncn3)(c3ccc(F)cc3F)C2)C1=O. The third-order valence-corrected chi connectivity index (χ3v) is 10.4. The lowest BCUT2D eigenvalue weighted by atomic mass is 9.87. The molecule has 0 spiro atoms.